The number of rotatable bonds is 4. The van der Waals surface area contributed by atoms with E-state index < -0.39 is 17.7 Å². The number of aromatic nitrogens is 2. The Balaban J connectivity index is 2.00. The van der Waals surface area contributed by atoms with Crippen LogP contribution in [0.4, 0.5) is 11.6 Å². The summed E-state index contributed by atoms with van der Waals surface area (Å²) in [7, 11) is 1.56. The maximum absolute atomic E-state index is 11.4. The summed E-state index contributed by atoms with van der Waals surface area (Å²) in [6.07, 6.45) is 0.938. The van der Waals surface area contributed by atoms with Crippen LogP contribution >= 0.6 is 0 Å². The largest absolute Gasteiger partial charge is 0.482 e. The first-order valence-corrected chi connectivity index (χ1v) is 8.86. The van der Waals surface area contributed by atoms with Gasteiger partial charge in [-0.25, -0.2) is 4.98 Å². The minimum Gasteiger partial charge on any atom is -0.482 e. The van der Waals surface area contributed by atoms with Crippen LogP contribution in [0.15, 0.2) is 42.5 Å². The second-order valence-electron chi connectivity index (χ2n) is 7.07. The van der Waals surface area contributed by atoms with Gasteiger partial charge in [-0.3, -0.25) is 9.88 Å². The Kier molecular flexibility index (Phi) is 4.34. The summed E-state index contributed by atoms with van der Waals surface area (Å²) in [6, 6.07) is 12.2. The Hall–Kier alpha value is -3.28. The summed E-state index contributed by atoms with van der Waals surface area (Å²) in [6.45, 7) is 1.98. The molecule has 3 atom stereocenters. The van der Waals surface area contributed by atoms with Crippen molar-refractivity contribution < 1.29 is 14.6 Å². The number of para-hydroxylation sites is 2. The number of methoxy groups -OCH3 is 1. The quantitative estimate of drug-likeness (QED) is 0.361. The van der Waals surface area contributed by atoms with Gasteiger partial charge in [0.15, 0.2) is 11.8 Å². The molecule has 3 aromatic rings. The predicted molar refractivity (Wildman–Crippen MR) is 105 cm³/mol. The van der Waals surface area contributed by atoms with Crippen molar-refractivity contribution in [2.45, 2.75) is 24.7 Å². The average Bonchev–Trinajstić information content (AvgIpc) is 3.02. The highest BCUT2D eigenvalue weighted by Gasteiger charge is 2.48. The van der Waals surface area contributed by atoms with Crippen molar-refractivity contribution in [2.24, 2.45) is 0 Å². The van der Waals surface area contributed by atoms with Gasteiger partial charge in [0.1, 0.15) is 11.9 Å². The molecule has 0 spiro atoms. The minimum atomic E-state index is -1.00. The zero-order chi connectivity index (χ0) is 19.9. The number of fused-ring (bicyclic) bond motifs is 2. The Labute approximate surface area is 162 Å². The maximum Gasteiger partial charge on any atom is 0.217 e. The van der Waals surface area contributed by atoms with Crippen molar-refractivity contribution in [3.8, 4) is 11.9 Å². The lowest BCUT2D eigenvalue weighted by atomic mass is 9.85. The smallest absolute Gasteiger partial charge is 0.217 e. The molecule has 1 aliphatic heterocycles. The lowest BCUT2D eigenvalue weighted by Gasteiger charge is -2.44. The van der Waals surface area contributed by atoms with Crippen molar-refractivity contribution in [1.82, 2.24) is 9.55 Å². The molecule has 28 heavy (non-hydrogen) atoms. The number of nitrogens with zero attached hydrogens (tertiary/aromatic N) is 3. The molecular weight excluding hydrogens is 358 g/mol. The third-order valence-corrected chi connectivity index (χ3v) is 5.09. The first-order valence-electron chi connectivity index (χ1n) is 8.86. The SMILES string of the molecule is COC[C@]1(C)Oc2ccc(N)cc2[C@H](n2c(NC#N)nc3ccccc32)[C@H]1O. The van der Waals surface area contributed by atoms with Crippen LogP contribution in [0.5, 0.6) is 5.75 Å². The summed E-state index contributed by atoms with van der Waals surface area (Å²) in [5.74, 6) is 0.938. The Morgan fingerprint density at radius 2 is 2.18 bits per heavy atom. The number of hydrogen-bond acceptors (Lipinski definition) is 7. The number of imidazole rings is 1. The standard InChI is InChI=1S/C20H21N5O3/c1-20(10-27-2)18(26)17(13-9-12(22)7-8-16(13)28-20)25-15-6-4-3-5-14(15)24-19(25)23-11-21/h3-9,17-18,26H,10,22H2,1-2H3,(H,23,24)/t17-,18+,20-/m0/s1. The van der Waals surface area contributed by atoms with Gasteiger partial charge < -0.3 is 20.3 Å². The van der Waals surface area contributed by atoms with Crippen molar-refractivity contribution in [2.75, 3.05) is 24.8 Å². The van der Waals surface area contributed by atoms with Gasteiger partial charge in [-0.1, -0.05) is 12.1 Å². The molecule has 8 nitrogen and oxygen atoms in total. The Bertz CT molecular complexity index is 1070. The van der Waals surface area contributed by atoms with Crippen LogP contribution in [-0.4, -0.2) is 40.1 Å². The summed E-state index contributed by atoms with van der Waals surface area (Å²) in [4.78, 5) is 4.52. The van der Waals surface area contributed by atoms with Crippen LogP contribution in [0.2, 0.25) is 0 Å². The van der Waals surface area contributed by atoms with E-state index in [0.717, 1.165) is 5.52 Å². The van der Waals surface area contributed by atoms with Crippen LogP contribution in [0, 0.1) is 11.5 Å². The van der Waals surface area contributed by atoms with Gasteiger partial charge in [-0.05, 0) is 37.3 Å². The number of hydrogen-bond donors (Lipinski definition) is 3. The number of nitrogens with one attached hydrogen (secondary N) is 1. The van der Waals surface area contributed by atoms with Crippen molar-refractivity contribution >= 4 is 22.7 Å². The lowest BCUT2D eigenvalue weighted by Crippen LogP contribution is -2.55. The third kappa shape index (κ3) is 2.72. The van der Waals surface area contributed by atoms with Crippen LogP contribution in [0.25, 0.3) is 11.0 Å². The average molecular weight is 379 g/mol. The van der Waals surface area contributed by atoms with E-state index >= 15 is 0 Å². The second kappa shape index (κ2) is 6.71. The fraction of sp³-hybridized carbons (Fsp3) is 0.300. The van der Waals surface area contributed by atoms with E-state index in [4.69, 9.17) is 15.2 Å². The molecule has 0 radical (unpaired) electrons. The Morgan fingerprint density at radius 3 is 2.93 bits per heavy atom. The molecule has 0 amide bonds. The first kappa shape index (κ1) is 18.1. The molecular formula is C20H21N5O3. The molecule has 1 aromatic heterocycles. The highest BCUT2D eigenvalue weighted by Crippen LogP contribution is 2.45. The molecule has 2 aromatic carbocycles. The molecule has 4 N–H and O–H groups in total. The van der Waals surface area contributed by atoms with Crippen molar-refractivity contribution in [1.29, 1.82) is 5.26 Å². The molecule has 2 heterocycles. The van der Waals surface area contributed by atoms with Gasteiger partial charge in [-0.15, -0.1) is 0 Å². The number of aliphatic hydroxyl groups is 1. The van der Waals surface area contributed by atoms with E-state index in [1.165, 1.54) is 0 Å². The number of benzene rings is 2. The van der Waals surface area contributed by atoms with Crippen LogP contribution in [0.1, 0.15) is 18.5 Å². The molecule has 0 aliphatic carbocycles. The fourth-order valence-corrected chi connectivity index (χ4v) is 3.85. The predicted octanol–water partition coefficient (Wildman–Crippen LogP) is 2.26. The van der Waals surface area contributed by atoms with E-state index in [1.807, 2.05) is 35.0 Å². The summed E-state index contributed by atoms with van der Waals surface area (Å²) >= 11 is 0. The van der Waals surface area contributed by atoms with E-state index in [1.54, 1.807) is 32.2 Å². The van der Waals surface area contributed by atoms with Gasteiger partial charge >= 0.3 is 0 Å². The number of nitrogen functional groups attached to an aromatic ring is 1. The minimum absolute atomic E-state index is 0.183. The van der Waals surface area contributed by atoms with Crippen molar-refractivity contribution in [3.63, 3.8) is 0 Å². The van der Waals surface area contributed by atoms with Gasteiger partial charge in [0.2, 0.25) is 5.95 Å². The van der Waals surface area contributed by atoms with Crippen molar-refractivity contribution in [3.05, 3.63) is 48.0 Å². The molecule has 0 bridgehead atoms. The fourth-order valence-electron chi connectivity index (χ4n) is 3.85. The highest BCUT2D eigenvalue weighted by atomic mass is 16.6. The summed E-state index contributed by atoms with van der Waals surface area (Å²) in [5.41, 5.74) is 7.77. The second-order valence-corrected chi connectivity index (χ2v) is 7.07. The van der Waals surface area contributed by atoms with Crippen LogP contribution in [-0.2, 0) is 4.74 Å². The molecule has 1 aliphatic rings. The van der Waals surface area contributed by atoms with Crippen LogP contribution in [0.3, 0.4) is 0 Å². The van der Waals surface area contributed by atoms with Gasteiger partial charge in [-0.2, -0.15) is 5.26 Å². The number of anilines is 2. The molecule has 4 rings (SSSR count). The zero-order valence-corrected chi connectivity index (χ0v) is 15.6. The van der Waals surface area contributed by atoms with Crippen LogP contribution < -0.4 is 15.8 Å². The number of ether oxygens (including phenoxy) is 2. The topological polar surface area (TPSA) is 118 Å². The van der Waals surface area contributed by atoms with Gasteiger partial charge in [0.25, 0.3) is 0 Å². The Morgan fingerprint density at radius 1 is 1.39 bits per heavy atom. The number of aliphatic hydroxyl groups excluding tert-OH is 1. The molecule has 0 saturated heterocycles. The molecule has 8 heteroatoms. The van der Waals surface area contributed by atoms with Gasteiger partial charge in [0.05, 0.1) is 23.7 Å². The number of nitrogens with two attached hydrogens (primary N) is 1. The third-order valence-electron chi connectivity index (χ3n) is 5.09. The molecule has 0 unspecified atom stereocenters. The monoisotopic (exact) mass is 379 g/mol. The van der Waals surface area contributed by atoms with E-state index in [0.29, 0.717) is 28.5 Å². The van der Waals surface area contributed by atoms with Gasteiger partial charge in [0, 0.05) is 18.4 Å². The number of nitriles is 1. The maximum atomic E-state index is 11.4. The molecule has 0 fully saturated rings. The first-order chi connectivity index (χ1) is 13.5. The molecule has 0 saturated carbocycles. The summed E-state index contributed by atoms with van der Waals surface area (Å²) in [5, 5.41) is 23.2. The van der Waals surface area contributed by atoms with E-state index in [-0.39, 0.29) is 6.61 Å². The lowest BCUT2D eigenvalue weighted by molar-refractivity contribution is -0.108. The highest BCUT2D eigenvalue weighted by molar-refractivity contribution is 5.79. The summed E-state index contributed by atoms with van der Waals surface area (Å²) < 4.78 is 13.3. The van der Waals surface area contributed by atoms with E-state index in [2.05, 4.69) is 10.3 Å². The molecule has 144 valence electrons. The zero-order valence-electron chi connectivity index (χ0n) is 15.6. The van der Waals surface area contributed by atoms with E-state index in [9.17, 15) is 10.4 Å². The normalized spacial score (nSPS) is 23.6.